The largest absolute Gasteiger partial charge is 0.398 e. The predicted molar refractivity (Wildman–Crippen MR) is 71.8 cm³/mol. The first-order valence-corrected chi connectivity index (χ1v) is 7.47. The fourth-order valence-corrected chi connectivity index (χ4v) is 3.51. The number of anilines is 1. The van der Waals surface area contributed by atoms with Crippen molar-refractivity contribution in [2.75, 3.05) is 11.5 Å². The van der Waals surface area contributed by atoms with Crippen molar-refractivity contribution in [1.82, 2.24) is 0 Å². The van der Waals surface area contributed by atoms with Gasteiger partial charge in [0.2, 0.25) is 0 Å². The van der Waals surface area contributed by atoms with Gasteiger partial charge < -0.3 is 5.73 Å². The molecule has 0 aromatic heterocycles. The van der Waals surface area contributed by atoms with Crippen molar-refractivity contribution in [1.29, 1.82) is 10.5 Å². The van der Waals surface area contributed by atoms with Gasteiger partial charge in [-0.25, -0.2) is 8.42 Å². The molecule has 0 fully saturated rings. The van der Waals surface area contributed by atoms with Crippen molar-refractivity contribution >= 4 is 15.5 Å². The molecule has 0 spiro atoms. The van der Waals surface area contributed by atoms with E-state index in [2.05, 4.69) is 0 Å². The lowest BCUT2D eigenvalue weighted by atomic mass is 10.1. The number of rotatable bonds is 4. The lowest BCUT2D eigenvalue weighted by Gasteiger charge is -2.12. The molecule has 0 amide bonds. The van der Waals surface area contributed by atoms with Crippen molar-refractivity contribution < 1.29 is 8.42 Å². The molecule has 0 aliphatic rings. The highest BCUT2D eigenvalue weighted by Gasteiger charge is 2.22. The zero-order valence-electron chi connectivity index (χ0n) is 10.8. The van der Waals surface area contributed by atoms with Crippen LogP contribution in [0.1, 0.15) is 31.4 Å². The van der Waals surface area contributed by atoms with Crippen LogP contribution < -0.4 is 5.73 Å². The minimum atomic E-state index is -3.55. The Bertz CT molecular complexity index is 666. The van der Waals surface area contributed by atoms with Gasteiger partial charge in [0.1, 0.15) is 12.1 Å². The molecule has 1 aromatic rings. The van der Waals surface area contributed by atoms with Gasteiger partial charge in [0.05, 0.1) is 27.5 Å². The Labute approximate surface area is 113 Å². The zero-order chi connectivity index (χ0) is 14.6. The molecule has 1 atom stereocenters. The maximum Gasteiger partial charge on any atom is 0.180 e. The molecule has 0 radical (unpaired) electrons. The molecule has 0 bridgehead atoms. The minimum absolute atomic E-state index is 0.00517. The molecule has 0 saturated heterocycles. The second kappa shape index (κ2) is 5.73. The maximum atomic E-state index is 12.2. The summed E-state index contributed by atoms with van der Waals surface area (Å²) in [4.78, 5) is -0.0663. The third kappa shape index (κ3) is 3.24. The van der Waals surface area contributed by atoms with Gasteiger partial charge in [-0.15, -0.1) is 0 Å². The Balaban J connectivity index is 3.37. The van der Waals surface area contributed by atoms with E-state index in [1.54, 1.807) is 0 Å². The number of benzene rings is 1. The van der Waals surface area contributed by atoms with E-state index in [1.807, 2.05) is 26.0 Å². The number of sulfone groups is 1. The second-order valence-electron chi connectivity index (χ2n) is 4.45. The van der Waals surface area contributed by atoms with Crippen LogP contribution >= 0.6 is 0 Å². The van der Waals surface area contributed by atoms with E-state index < -0.39 is 9.84 Å². The molecular formula is C13H15N3O2S. The minimum Gasteiger partial charge on any atom is -0.398 e. The fourth-order valence-electron chi connectivity index (χ4n) is 1.63. The summed E-state index contributed by atoms with van der Waals surface area (Å²) in [5, 5.41) is 17.8. The number of hydrogen-bond acceptors (Lipinski definition) is 5. The molecule has 19 heavy (non-hydrogen) atoms. The van der Waals surface area contributed by atoms with Crippen LogP contribution in [0.5, 0.6) is 0 Å². The Morgan fingerprint density at radius 1 is 1.26 bits per heavy atom. The van der Waals surface area contributed by atoms with E-state index in [9.17, 15) is 8.42 Å². The normalized spacial score (nSPS) is 12.4. The SMILES string of the molecule is CCC(C)CS(=O)(=O)c1cc(C#N)c(C#N)cc1N. The van der Waals surface area contributed by atoms with Crippen LogP contribution in [0.25, 0.3) is 0 Å². The molecule has 1 unspecified atom stereocenters. The highest BCUT2D eigenvalue weighted by molar-refractivity contribution is 7.91. The van der Waals surface area contributed by atoms with Gasteiger partial charge in [0, 0.05) is 0 Å². The molecular weight excluding hydrogens is 262 g/mol. The zero-order valence-corrected chi connectivity index (χ0v) is 11.7. The van der Waals surface area contributed by atoms with E-state index in [1.165, 1.54) is 12.1 Å². The van der Waals surface area contributed by atoms with E-state index >= 15 is 0 Å². The van der Waals surface area contributed by atoms with Crippen molar-refractivity contribution in [3.63, 3.8) is 0 Å². The Morgan fingerprint density at radius 3 is 2.26 bits per heavy atom. The molecule has 0 saturated carbocycles. The molecule has 5 nitrogen and oxygen atoms in total. The van der Waals surface area contributed by atoms with E-state index in [0.29, 0.717) is 0 Å². The van der Waals surface area contributed by atoms with Crippen LogP contribution in [-0.4, -0.2) is 14.2 Å². The maximum absolute atomic E-state index is 12.2. The van der Waals surface area contributed by atoms with Gasteiger partial charge in [0.15, 0.2) is 9.84 Å². The second-order valence-corrected chi connectivity index (χ2v) is 6.46. The smallest absolute Gasteiger partial charge is 0.180 e. The number of nitrogens with zero attached hydrogens (tertiary/aromatic N) is 2. The third-order valence-electron chi connectivity index (χ3n) is 2.93. The molecule has 100 valence electrons. The number of nitrogen functional groups attached to an aromatic ring is 1. The summed E-state index contributed by atoms with van der Waals surface area (Å²) in [5.74, 6) is -0.0182. The summed E-state index contributed by atoms with van der Waals surface area (Å²) < 4.78 is 24.4. The number of hydrogen-bond donors (Lipinski definition) is 1. The summed E-state index contributed by atoms with van der Waals surface area (Å²) in [6, 6.07) is 6.06. The molecule has 2 N–H and O–H groups in total. The van der Waals surface area contributed by atoms with E-state index in [0.717, 1.165) is 6.42 Å². The van der Waals surface area contributed by atoms with Crippen molar-refractivity contribution in [2.24, 2.45) is 5.92 Å². The fraction of sp³-hybridized carbons (Fsp3) is 0.385. The molecule has 0 aliphatic carbocycles. The van der Waals surface area contributed by atoms with Crippen molar-refractivity contribution in [3.8, 4) is 12.1 Å². The summed E-state index contributed by atoms with van der Waals surface area (Å²) in [6.07, 6.45) is 0.737. The van der Waals surface area contributed by atoms with Crippen LogP contribution in [0, 0.1) is 28.6 Å². The van der Waals surface area contributed by atoms with Crippen LogP contribution in [0.3, 0.4) is 0 Å². The first-order chi connectivity index (χ1) is 8.85. The standard InChI is InChI=1S/C13H15N3O2S/c1-3-9(2)8-19(17,18)13-5-11(7-15)10(6-14)4-12(13)16/h4-5,9H,3,8,16H2,1-2H3. The van der Waals surface area contributed by atoms with E-state index in [4.69, 9.17) is 16.3 Å². The Kier molecular flexibility index (Phi) is 4.52. The van der Waals surface area contributed by atoms with Gasteiger partial charge in [-0.2, -0.15) is 10.5 Å². The third-order valence-corrected chi connectivity index (χ3v) is 4.96. The van der Waals surface area contributed by atoms with Crippen LogP contribution in [0.2, 0.25) is 0 Å². The highest BCUT2D eigenvalue weighted by atomic mass is 32.2. The van der Waals surface area contributed by atoms with Gasteiger partial charge in [-0.3, -0.25) is 0 Å². The van der Waals surface area contributed by atoms with Crippen LogP contribution in [-0.2, 0) is 9.84 Å². The van der Waals surface area contributed by atoms with Crippen molar-refractivity contribution in [3.05, 3.63) is 23.3 Å². The summed E-state index contributed by atoms with van der Waals surface area (Å²) in [5.41, 5.74) is 5.81. The summed E-state index contributed by atoms with van der Waals surface area (Å²) in [6.45, 7) is 3.74. The summed E-state index contributed by atoms with van der Waals surface area (Å²) in [7, 11) is -3.55. The molecule has 0 aliphatic heterocycles. The van der Waals surface area contributed by atoms with Gasteiger partial charge in [-0.1, -0.05) is 20.3 Å². The monoisotopic (exact) mass is 277 g/mol. The van der Waals surface area contributed by atoms with Crippen LogP contribution in [0.15, 0.2) is 17.0 Å². The molecule has 1 rings (SSSR count). The van der Waals surface area contributed by atoms with Gasteiger partial charge >= 0.3 is 0 Å². The lowest BCUT2D eigenvalue weighted by Crippen LogP contribution is -2.15. The Hall–Kier alpha value is -2.05. The quantitative estimate of drug-likeness (QED) is 0.845. The van der Waals surface area contributed by atoms with Gasteiger partial charge in [-0.05, 0) is 18.1 Å². The highest BCUT2D eigenvalue weighted by Crippen LogP contribution is 2.25. The Morgan fingerprint density at radius 2 is 1.79 bits per heavy atom. The first-order valence-electron chi connectivity index (χ1n) is 5.82. The number of nitrogens with two attached hydrogens (primary N) is 1. The first kappa shape index (κ1) is 15.0. The van der Waals surface area contributed by atoms with Crippen LogP contribution in [0.4, 0.5) is 5.69 Å². The summed E-state index contributed by atoms with van der Waals surface area (Å²) >= 11 is 0. The topological polar surface area (TPSA) is 108 Å². The average Bonchev–Trinajstić information content (AvgIpc) is 2.37. The average molecular weight is 277 g/mol. The van der Waals surface area contributed by atoms with Gasteiger partial charge in [0.25, 0.3) is 0 Å². The predicted octanol–water partition coefficient (Wildman–Crippen LogP) is 1.83. The molecule has 6 heteroatoms. The van der Waals surface area contributed by atoms with Crippen molar-refractivity contribution in [2.45, 2.75) is 25.2 Å². The number of nitriles is 2. The van der Waals surface area contributed by atoms with E-state index in [-0.39, 0.29) is 33.4 Å². The lowest BCUT2D eigenvalue weighted by molar-refractivity contribution is 0.564. The molecule has 0 heterocycles. The molecule has 1 aromatic carbocycles.